The fourth-order valence-corrected chi connectivity index (χ4v) is 4.17. The van der Waals surface area contributed by atoms with Crippen molar-refractivity contribution >= 4 is 27.2 Å². The number of hydrogen-bond donors (Lipinski definition) is 0. The highest BCUT2D eigenvalue weighted by Crippen LogP contribution is 2.31. The number of allylic oxidation sites excluding steroid dienone is 1. The van der Waals surface area contributed by atoms with Crippen LogP contribution in [0.5, 0.6) is 0 Å². The molecular weight excluding hydrogens is 394 g/mol. The van der Waals surface area contributed by atoms with E-state index in [1.807, 2.05) is 54.6 Å². The summed E-state index contributed by atoms with van der Waals surface area (Å²) in [6.07, 6.45) is 4.97. The molecule has 4 nitrogen and oxygen atoms in total. The molecule has 0 spiro atoms. The van der Waals surface area contributed by atoms with Gasteiger partial charge in [-0.2, -0.15) is 0 Å². The molecule has 0 radical (unpaired) electrons. The van der Waals surface area contributed by atoms with E-state index in [0.29, 0.717) is 11.5 Å². The minimum Gasteiger partial charge on any atom is -0.391 e. The predicted octanol–water partition coefficient (Wildman–Crippen LogP) is 5.15. The molecule has 0 fully saturated rings. The van der Waals surface area contributed by atoms with Crippen LogP contribution in [-0.2, 0) is 27.7 Å². The van der Waals surface area contributed by atoms with Crippen LogP contribution in [0, 0.1) is 0 Å². The molecule has 5 heteroatoms. The normalized spacial score (nSPS) is 16.4. The van der Waals surface area contributed by atoms with Crippen LogP contribution < -0.4 is 0 Å². The molecule has 0 aromatic heterocycles. The average molecular weight is 418 g/mol. The Kier molecular flexibility index (Phi) is 5.81. The zero-order valence-corrected chi connectivity index (χ0v) is 17.6. The van der Waals surface area contributed by atoms with Crippen molar-refractivity contribution in [2.24, 2.45) is 5.16 Å². The van der Waals surface area contributed by atoms with Crippen LogP contribution >= 0.6 is 0 Å². The summed E-state index contributed by atoms with van der Waals surface area (Å²) >= 11 is 0. The van der Waals surface area contributed by atoms with Crippen molar-refractivity contribution in [3.63, 3.8) is 0 Å². The topological polar surface area (TPSA) is 55.7 Å². The van der Waals surface area contributed by atoms with Crippen molar-refractivity contribution in [3.05, 3.63) is 101 Å². The third-order valence-electron chi connectivity index (χ3n) is 5.12. The Morgan fingerprint density at radius 3 is 2.33 bits per heavy atom. The number of nitrogens with zero attached hydrogens (tertiary/aromatic N) is 1. The Labute approximate surface area is 177 Å². The van der Waals surface area contributed by atoms with E-state index in [4.69, 9.17) is 4.84 Å². The van der Waals surface area contributed by atoms with Crippen molar-refractivity contribution in [3.8, 4) is 0 Å². The van der Waals surface area contributed by atoms with E-state index in [0.717, 1.165) is 40.8 Å². The first-order valence-electron chi connectivity index (χ1n) is 9.84. The number of aryl methyl sites for hydroxylation is 1. The lowest BCUT2D eigenvalue weighted by Crippen LogP contribution is -2.13. The van der Waals surface area contributed by atoms with E-state index in [1.54, 1.807) is 12.1 Å². The number of sulfone groups is 1. The largest absolute Gasteiger partial charge is 0.391 e. The van der Waals surface area contributed by atoms with Crippen molar-refractivity contribution in [2.75, 3.05) is 6.26 Å². The molecule has 0 saturated carbocycles. The molecule has 0 N–H and O–H groups in total. The van der Waals surface area contributed by atoms with Gasteiger partial charge in [0.05, 0.1) is 10.6 Å². The molecule has 1 aliphatic carbocycles. The molecule has 3 aromatic rings. The van der Waals surface area contributed by atoms with Gasteiger partial charge in [0.2, 0.25) is 0 Å². The van der Waals surface area contributed by atoms with Crippen LogP contribution in [-0.4, -0.2) is 20.4 Å². The Morgan fingerprint density at radius 2 is 1.60 bits per heavy atom. The van der Waals surface area contributed by atoms with Gasteiger partial charge in [-0.05, 0) is 53.3 Å². The quantitative estimate of drug-likeness (QED) is 0.540. The fourth-order valence-electron chi connectivity index (χ4n) is 3.54. The Balaban J connectivity index is 1.66. The van der Waals surface area contributed by atoms with Gasteiger partial charge in [0.1, 0.15) is 6.61 Å². The Bertz CT molecular complexity index is 1190. The number of hydrogen-bond acceptors (Lipinski definition) is 4. The van der Waals surface area contributed by atoms with E-state index in [2.05, 4.69) is 23.4 Å². The van der Waals surface area contributed by atoms with Crippen LogP contribution in [0.25, 0.3) is 11.6 Å². The van der Waals surface area contributed by atoms with E-state index in [9.17, 15) is 8.42 Å². The summed E-state index contributed by atoms with van der Waals surface area (Å²) in [5.74, 6) is 0. The van der Waals surface area contributed by atoms with Crippen molar-refractivity contribution in [2.45, 2.75) is 24.3 Å². The Morgan fingerprint density at radius 1 is 0.900 bits per heavy atom. The number of fused-ring (bicyclic) bond motifs is 1. The monoisotopic (exact) mass is 417 g/mol. The molecule has 152 valence electrons. The van der Waals surface area contributed by atoms with Gasteiger partial charge < -0.3 is 4.84 Å². The highest BCUT2D eigenvalue weighted by Gasteiger charge is 2.20. The summed E-state index contributed by atoms with van der Waals surface area (Å²) in [6, 6.07) is 25.2. The van der Waals surface area contributed by atoms with Gasteiger partial charge in [0, 0.05) is 11.8 Å². The van der Waals surface area contributed by atoms with Crippen molar-refractivity contribution in [1.82, 2.24) is 0 Å². The molecule has 0 heterocycles. The Hall–Kier alpha value is -3.18. The lowest BCUT2D eigenvalue weighted by atomic mass is 9.85. The maximum atomic E-state index is 11.7. The second-order valence-corrected chi connectivity index (χ2v) is 9.37. The van der Waals surface area contributed by atoms with E-state index in [-0.39, 0.29) is 0 Å². The minimum atomic E-state index is -3.21. The molecule has 0 atom stereocenters. The van der Waals surface area contributed by atoms with Gasteiger partial charge in [0.15, 0.2) is 9.84 Å². The molecule has 4 rings (SSSR count). The van der Waals surface area contributed by atoms with Crippen molar-refractivity contribution < 1.29 is 13.3 Å². The maximum Gasteiger partial charge on any atom is 0.175 e. The van der Waals surface area contributed by atoms with Crippen LogP contribution in [0.1, 0.15) is 28.7 Å². The van der Waals surface area contributed by atoms with E-state index >= 15 is 0 Å². The van der Waals surface area contributed by atoms with E-state index < -0.39 is 9.84 Å². The van der Waals surface area contributed by atoms with Crippen LogP contribution in [0.4, 0.5) is 0 Å². The van der Waals surface area contributed by atoms with Crippen LogP contribution in [0.2, 0.25) is 0 Å². The van der Waals surface area contributed by atoms with Gasteiger partial charge >= 0.3 is 0 Å². The zero-order chi connectivity index (χ0) is 21.0. The molecule has 0 bridgehead atoms. The molecule has 0 unspecified atom stereocenters. The average Bonchev–Trinajstić information content (AvgIpc) is 2.75. The van der Waals surface area contributed by atoms with Crippen LogP contribution in [0.3, 0.4) is 0 Å². The highest BCUT2D eigenvalue weighted by atomic mass is 32.2. The highest BCUT2D eigenvalue weighted by molar-refractivity contribution is 7.90. The zero-order valence-electron chi connectivity index (χ0n) is 16.8. The molecule has 0 saturated heterocycles. The number of benzene rings is 3. The lowest BCUT2D eigenvalue weighted by Gasteiger charge is -2.21. The SMILES string of the molecule is CS(=O)(=O)c1ccc(C=C2/C(=N\OCc3ccccc3)CCc3ccccc32)cc1. The fraction of sp³-hybridized carbons (Fsp3) is 0.160. The van der Waals surface area contributed by atoms with Gasteiger partial charge in [-0.3, -0.25) is 0 Å². The van der Waals surface area contributed by atoms with Crippen molar-refractivity contribution in [1.29, 1.82) is 0 Å². The molecule has 30 heavy (non-hydrogen) atoms. The summed E-state index contributed by atoms with van der Waals surface area (Å²) in [6.45, 7) is 0.419. The van der Waals surface area contributed by atoms with Gasteiger partial charge in [-0.1, -0.05) is 71.9 Å². The number of oxime groups is 1. The molecule has 1 aliphatic rings. The van der Waals surface area contributed by atoms with Crippen LogP contribution in [0.15, 0.2) is 88.9 Å². The standard InChI is InChI=1S/C25H23NO3S/c1-30(27,28)22-14-11-19(12-15-22)17-24-23-10-6-5-9-21(23)13-16-25(24)26-29-18-20-7-3-2-4-8-20/h2-12,14-15,17H,13,16,18H2,1H3/b24-17?,26-25-. The molecule has 3 aromatic carbocycles. The first-order chi connectivity index (χ1) is 14.5. The predicted molar refractivity (Wildman–Crippen MR) is 121 cm³/mol. The summed E-state index contributed by atoms with van der Waals surface area (Å²) in [5.41, 5.74) is 6.31. The van der Waals surface area contributed by atoms with Gasteiger partial charge in [-0.15, -0.1) is 0 Å². The maximum absolute atomic E-state index is 11.7. The number of rotatable bonds is 5. The third kappa shape index (κ3) is 4.69. The first kappa shape index (κ1) is 20.1. The second kappa shape index (κ2) is 8.67. The smallest absolute Gasteiger partial charge is 0.175 e. The molecule has 0 aliphatic heterocycles. The molecular formula is C25H23NO3S. The second-order valence-electron chi connectivity index (χ2n) is 7.35. The summed E-state index contributed by atoms with van der Waals surface area (Å²) in [7, 11) is -3.21. The summed E-state index contributed by atoms with van der Waals surface area (Å²) < 4.78 is 23.5. The lowest BCUT2D eigenvalue weighted by molar-refractivity contribution is 0.130. The van der Waals surface area contributed by atoms with Gasteiger partial charge in [-0.25, -0.2) is 8.42 Å². The first-order valence-corrected chi connectivity index (χ1v) is 11.7. The summed E-state index contributed by atoms with van der Waals surface area (Å²) in [4.78, 5) is 5.99. The van der Waals surface area contributed by atoms with Gasteiger partial charge in [0.25, 0.3) is 0 Å². The summed E-state index contributed by atoms with van der Waals surface area (Å²) in [5, 5.41) is 4.46. The third-order valence-corrected chi connectivity index (χ3v) is 6.25. The van der Waals surface area contributed by atoms with E-state index in [1.165, 1.54) is 11.8 Å². The molecule has 0 amide bonds. The minimum absolute atomic E-state index is 0.314.